The van der Waals surface area contributed by atoms with Gasteiger partial charge in [-0.05, 0) is 12.1 Å². The third kappa shape index (κ3) is 2.25. The molecule has 1 fully saturated rings. The number of rotatable bonds is 3. The average Bonchev–Trinajstić information content (AvgIpc) is 3.17. The molecule has 3 aromatic heterocycles. The van der Waals surface area contributed by atoms with Gasteiger partial charge in [0.1, 0.15) is 29.7 Å². The number of fused-ring (bicyclic) bond motifs is 1. The fraction of sp³-hybridized carbons (Fsp3) is 0.333. The van der Waals surface area contributed by atoms with Crippen molar-refractivity contribution in [3.05, 3.63) is 37.2 Å². The first-order chi connectivity index (χ1) is 11.7. The second kappa shape index (κ2) is 5.86. The molecule has 9 heteroatoms. The van der Waals surface area contributed by atoms with Crippen molar-refractivity contribution in [1.29, 1.82) is 0 Å². The van der Waals surface area contributed by atoms with Crippen molar-refractivity contribution in [1.82, 2.24) is 24.5 Å². The maximum atomic E-state index is 14.0. The number of imidazole rings is 1. The summed E-state index contributed by atoms with van der Waals surface area (Å²) in [6.45, 7) is -0.515. The molecule has 124 valence electrons. The molecule has 0 spiro atoms. The van der Waals surface area contributed by atoms with Crippen LogP contribution in [0.5, 0.6) is 0 Å². The Morgan fingerprint density at radius 2 is 2.00 bits per heavy atom. The average molecular weight is 331 g/mol. The zero-order valence-corrected chi connectivity index (χ0v) is 12.4. The van der Waals surface area contributed by atoms with Crippen molar-refractivity contribution >= 4 is 11.2 Å². The van der Waals surface area contributed by atoms with Gasteiger partial charge in [-0.25, -0.2) is 19.3 Å². The van der Waals surface area contributed by atoms with Crippen LogP contribution in [0.25, 0.3) is 22.4 Å². The zero-order valence-electron chi connectivity index (χ0n) is 12.4. The van der Waals surface area contributed by atoms with Crippen molar-refractivity contribution in [2.45, 2.75) is 24.6 Å². The third-order valence-electron chi connectivity index (χ3n) is 4.05. The molecular formula is C15H14FN5O3. The van der Waals surface area contributed by atoms with Crippen LogP contribution in [0.2, 0.25) is 0 Å². The number of pyridine rings is 1. The standard InChI is InChI=1S/C15H14FN5O3/c16-10-9(5-22)24-15(13(10)23)21-7-20-12-11(18-6-19-14(12)21)8-1-3-17-4-2-8/h1-4,6-7,9-10,13,15,22-23H,5H2/t9-,10-,13-,15-/m1/s1. The first-order valence-corrected chi connectivity index (χ1v) is 7.37. The fourth-order valence-corrected chi connectivity index (χ4v) is 2.84. The highest BCUT2D eigenvalue weighted by Crippen LogP contribution is 2.34. The molecule has 2 N–H and O–H groups in total. The van der Waals surface area contributed by atoms with E-state index in [2.05, 4.69) is 19.9 Å². The molecule has 3 aromatic rings. The third-order valence-corrected chi connectivity index (χ3v) is 4.05. The van der Waals surface area contributed by atoms with Gasteiger partial charge in [0.05, 0.1) is 12.9 Å². The molecule has 1 saturated heterocycles. The molecule has 0 bridgehead atoms. The normalized spacial score (nSPS) is 27.0. The molecule has 0 radical (unpaired) electrons. The maximum absolute atomic E-state index is 14.0. The molecule has 8 nitrogen and oxygen atoms in total. The molecule has 0 amide bonds. The highest BCUT2D eigenvalue weighted by atomic mass is 19.1. The minimum Gasteiger partial charge on any atom is -0.394 e. The van der Waals surface area contributed by atoms with Crippen LogP contribution in [-0.2, 0) is 4.74 Å². The van der Waals surface area contributed by atoms with E-state index >= 15 is 0 Å². The molecule has 0 aliphatic carbocycles. The Kier molecular flexibility index (Phi) is 3.68. The monoisotopic (exact) mass is 331 g/mol. The summed E-state index contributed by atoms with van der Waals surface area (Å²) < 4.78 is 20.8. The molecule has 4 rings (SSSR count). The van der Waals surface area contributed by atoms with Crippen molar-refractivity contribution in [3.8, 4) is 11.3 Å². The van der Waals surface area contributed by atoms with E-state index in [1.165, 1.54) is 17.2 Å². The summed E-state index contributed by atoms with van der Waals surface area (Å²) in [7, 11) is 0. The zero-order chi connectivity index (χ0) is 16.7. The second-order valence-corrected chi connectivity index (χ2v) is 5.46. The number of aliphatic hydroxyl groups is 2. The van der Waals surface area contributed by atoms with Crippen molar-refractivity contribution in [3.63, 3.8) is 0 Å². The van der Waals surface area contributed by atoms with E-state index in [1.807, 2.05) is 0 Å². The number of hydrogen-bond acceptors (Lipinski definition) is 7. The van der Waals surface area contributed by atoms with Crippen LogP contribution < -0.4 is 0 Å². The van der Waals surface area contributed by atoms with Crippen LogP contribution in [0.15, 0.2) is 37.2 Å². The van der Waals surface area contributed by atoms with Crippen LogP contribution in [-0.4, -0.2) is 59.7 Å². The number of ether oxygens (including phenoxy) is 1. The minimum atomic E-state index is -1.68. The first-order valence-electron chi connectivity index (χ1n) is 7.37. The lowest BCUT2D eigenvalue weighted by atomic mass is 10.1. The lowest BCUT2D eigenvalue weighted by Crippen LogP contribution is -2.29. The Bertz CT molecular complexity index is 859. The summed E-state index contributed by atoms with van der Waals surface area (Å²) in [5, 5.41) is 19.2. The lowest BCUT2D eigenvalue weighted by molar-refractivity contribution is -0.0495. The van der Waals surface area contributed by atoms with Crippen LogP contribution in [0.1, 0.15) is 6.23 Å². The predicted octanol–water partition coefficient (Wildman–Crippen LogP) is 0.477. The molecule has 24 heavy (non-hydrogen) atoms. The summed E-state index contributed by atoms with van der Waals surface area (Å²) in [6.07, 6.45) is 0.885. The smallest absolute Gasteiger partial charge is 0.166 e. The van der Waals surface area contributed by atoms with Crippen molar-refractivity contribution < 1.29 is 19.3 Å². The van der Waals surface area contributed by atoms with E-state index in [4.69, 9.17) is 9.84 Å². The maximum Gasteiger partial charge on any atom is 0.166 e. The molecule has 1 aliphatic rings. The number of hydrogen-bond donors (Lipinski definition) is 2. The van der Waals surface area contributed by atoms with Gasteiger partial charge in [0.2, 0.25) is 0 Å². The summed E-state index contributed by atoms with van der Waals surface area (Å²) in [5.74, 6) is 0. The SMILES string of the molecule is OC[C@H]1O[C@@H](n2cnc3c(-c4ccncc4)ncnc32)[C@H](O)[C@@H]1F. The van der Waals surface area contributed by atoms with Gasteiger partial charge in [-0.3, -0.25) is 9.55 Å². The van der Waals surface area contributed by atoms with Gasteiger partial charge < -0.3 is 14.9 Å². The van der Waals surface area contributed by atoms with Gasteiger partial charge in [-0.15, -0.1) is 0 Å². The molecule has 1 aliphatic heterocycles. The van der Waals surface area contributed by atoms with Crippen LogP contribution in [0, 0.1) is 0 Å². The van der Waals surface area contributed by atoms with E-state index in [-0.39, 0.29) is 0 Å². The van der Waals surface area contributed by atoms with Gasteiger partial charge in [-0.2, -0.15) is 0 Å². The summed E-state index contributed by atoms with van der Waals surface area (Å²) in [5.41, 5.74) is 2.32. The largest absolute Gasteiger partial charge is 0.394 e. The Balaban J connectivity index is 1.80. The molecule has 4 heterocycles. The van der Waals surface area contributed by atoms with Crippen molar-refractivity contribution in [2.75, 3.05) is 6.61 Å². The van der Waals surface area contributed by atoms with Gasteiger partial charge in [0, 0.05) is 18.0 Å². The minimum absolute atomic E-state index is 0.409. The first kappa shape index (κ1) is 15.1. The Morgan fingerprint density at radius 3 is 2.71 bits per heavy atom. The van der Waals surface area contributed by atoms with E-state index in [0.717, 1.165) is 5.56 Å². The Morgan fingerprint density at radius 1 is 1.21 bits per heavy atom. The summed E-state index contributed by atoms with van der Waals surface area (Å²) in [6, 6.07) is 3.59. The summed E-state index contributed by atoms with van der Waals surface area (Å²) in [4.78, 5) is 16.7. The van der Waals surface area contributed by atoms with Crippen molar-refractivity contribution in [2.24, 2.45) is 0 Å². The Labute approximate surface area is 135 Å². The summed E-state index contributed by atoms with van der Waals surface area (Å²) >= 11 is 0. The van der Waals surface area contributed by atoms with E-state index in [1.54, 1.807) is 24.5 Å². The van der Waals surface area contributed by atoms with Crippen LogP contribution in [0.4, 0.5) is 4.39 Å². The molecule has 4 atom stereocenters. The fourth-order valence-electron chi connectivity index (χ4n) is 2.84. The highest BCUT2D eigenvalue weighted by molar-refractivity contribution is 5.86. The van der Waals surface area contributed by atoms with E-state index < -0.39 is 31.2 Å². The van der Waals surface area contributed by atoms with Gasteiger partial charge >= 0.3 is 0 Å². The topological polar surface area (TPSA) is 106 Å². The molecule has 0 unspecified atom stereocenters. The number of alkyl halides is 1. The molecule has 0 saturated carbocycles. The quantitative estimate of drug-likeness (QED) is 0.719. The van der Waals surface area contributed by atoms with E-state index in [0.29, 0.717) is 16.9 Å². The van der Waals surface area contributed by atoms with Crippen LogP contribution >= 0.6 is 0 Å². The van der Waals surface area contributed by atoms with Crippen LogP contribution in [0.3, 0.4) is 0 Å². The number of nitrogens with zero attached hydrogens (tertiary/aromatic N) is 5. The van der Waals surface area contributed by atoms with E-state index in [9.17, 15) is 9.50 Å². The number of aromatic nitrogens is 5. The molecule has 0 aromatic carbocycles. The van der Waals surface area contributed by atoms with Gasteiger partial charge in [0.15, 0.2) is 18.0 Å². The highest BCUT2D eigenvalue weighted by Gasteiger charge is 2.45. The van der Waals surface area contributed by atoms with Gasteiger partial charge in [-0.1, -0.05) is 0 Å². The lowest BCUT2D eigenvalue weighted by Gasteiger charge is -2.16. The Hall–Kier alpha value is -2.49. The predicted molar refractivity (Wildman–Crippen MR) is 80.5 cm³/mol. The number of halogens is 1. The second-order valence-electron chi connectivity index (χ2n) is 5.46. The number of aliphatic hydroxyl groups excluding tert-OH is 2. The van der Waals surface area contributed by atoms with Gasteiger partial charge in [0.25, 0.3) is 0 Å². The molecular weight excluding hydrogens is 317 g/mol.